The predicted octanol–water partition coefficient (Wildman–Crippen LogP) is 1.59. The number of carbonyl (C=O) groups excluding carboxylic acids is 1. The van der Waals surface area contributed by atoms with E-state index in [0.29, 0.717) is 32.8 Å². The SMILES string of the molecule is O=C(c1ccccc1N1CCCC1)N1CCOC[C@](O)(CN2CCCC2)C1. The topological polar surface area (TPSA) is 56.3 Å². The summed E-state index contributed by atoms with van der Waals surface area (Å²) in [6.07, 6.45) is 4.72. The summed E-state index contributed by atoms with van der Waals surface area (Å²) in [5.74, 6) is 0.00264. The van der Waals surface area contributed by atoms with Gasteiger partial charge in [-0.3, -0.25) is 4.79 Å². The Labute approximate surface area is 161 Å². The summed E-state index contributed by atoms with van der Waals surface area (Å²) in [4.78, 5) is 19.8. The first kappa shape index (κ1) is 18.7. The van der Waals surface area contributed by atoms with Crippen LogP contribution in [0.4, 0.5) is 5.69 Å². The summed E-state index contributed by atoms with van der Waals surface area (Å²) < 4.78 is 5.69. The van der Waals surface area contributed by atoms with E-state index < -0.39 is 5.60 Å². The van der Waals surface area contributed by atoms with E-state index in [1.165, 1.54) is 25.7 Å². The van der Waals surface area contributed by atoms with Crippen LogP contribution in [-0.2, 0) is 4.74 Å². The van der Waals surface area contributed by atoms with E-state index in [9.17, 15) is 9.90 Å². The molecule has 0 aromatic heterocycles. The Morgan fingerprint density at radius 2 is 1.74 bits per heavy atom. The van der Waals surface area contributed by atoms with Crippen molar-refractivity contribution >= 4 is 11.6 Å². The van der Waals surface area contributed by atoms with Crippen molar-refractivity contribution < 1.29 is 14.6 Å². The van der Waals surface area contributed by atoms with Crippen molar-refractivity contribution in [3.63, 3.8) is 0 Å². The molecule has 0 bridgehead atoms. The Balaban J connectivity index is 1.52. The molecular formula is C21H31N3O3. The molecule has 3 aliphatic heterocycles. The first-order valence-corrected chi connectivity index (χ1v) is 10.3. The van der Waals surface area contributed by atoms with Crippen LogP contribution in [0.2, 0.25) is 0 Å². The number of β-amino-alcohol motifs (C(OH)–C–C–N with tert-alkyl or cyclic N) is 1. The first-order chi connectivity index (χ1) is 13.1. The summed E-state index contributed by atoms with van der Waals surface area (Å²) >= 11 is 0. The molecule has 3 saturated heterocycles. The zero-order valence-electron chi connectivity index (χ0n) is 16.1. The molecule has 0 aliphatic carbocycles. The summed E-state index contributed by atoms with van der Waals surface area (Å²) in [7, 11) is 0. The lowest BCUT2D eigenvalue weighted by Gasteiger charge is -2.34. The number of likely N-dealkylation sites (tertiary alicyclic amines) is 1. The molecule has 3 heterocycles. The molecule has 0 unspecified atom stereocenters. The summed E-state index contributed by atoms with van der Waals surface area (Å²) in [5, 5.41) is 11.2. The number of benzene rings is 1. The Morgan fingerprint density at radius 3 is 2.52 bits per heavy atom. The van der Waals surface area contributed by atoms with E-state index in [0.717, 1.165) is 37.4 Å². The van der Waals surface area contributed by atoms with Crippen molar-refractivity contribution in [3.8, 4) is 0 Å². The van der Waals surface area contributed by atoms with Crippen molar-refractivity contribution in [3.05, 3.63) is 29.8 Å². The zero-order valence-corrected chi connectivity index (χ0v) is 16.1. The number of anilines is 1. The third-order valence-electron chi connectivity index (χ3n) is 5.95. The number of hydrogen-bond acceptors (Lipinski definition) is 5. The second-order valence-corrected chi connectivity index (χ2v) is 8.20. The number of para-hydroxylation sites is 1. The molecule has 0 spiro atoms. The quantitative estimate of drug-likeness (QED) is 0.869. The van der Waals surface area contributed by atoms with E-state index in [2.05, 4.69) is 9.80 Å². The van der Waals surface area contributed by atoms with Gasteiger partial charge in [-0.25, -0.2) is 0 Å². The average molecular weight is 373 g/mol. The largest absolute Gasteiger partial charge is 0.384 e. The highest BCUT2D eigenvalue weighted by atomic mass is 16.5. The van der Waals surface area contributed by atoms with Crippen molar-refractivity contribution in [2.75, 3.05) is 63.9 Å². The van der Waals surface area contributed by atoms with Crippen LogP contribution in [0.5, 0.6) is 0 Å². The fourth-order valence-electron chi connectivity index (χ4n) is 4.60. The molecule has 0 saturated carbocycles. The van der Waals surface area contributed by atoms with Crippen molar-refractivity contribution in [2.45, 2.75) is 31.3 Å². The second-order valence-electron chi connectivity index (χ2n) is 8.20. The Morgan fingerprint density at radius 1 is 1.04 bits per heavy atom. The number of rotatable bonds is 4. The standard InChI is InChI=1S/C21H31N3O3/c25-20(18-7-1-2-8-19(18)23-11-5-6-12-23)24-13-14-27-17-21(26,16-24)15-22-9-3-4-10-22/h1-2,7-8,26H,3-6,9-17H2/t21-/m0/s1. The monoisotopic (exact) mass is 373 g/mol. The van der Waals surface area contributed by atoms with Gasteiger partial charge in [0, 0.05) is 31.9 Å². The second kappa shape index (κ2) is 8.17. The van der Waals surface area contributed by atoms with Gasteiger partial charge in [-0.05, 0) is 50.9 Å². The summed E-state index contributed by atoms with van der Waals surface area (Å²) in [6.45, 7) is 6.25. The number of nitrogens with zero attached hydrogens (tertiary/aromatic N) is 3. The molecule has 4 rings (SSSR count). The van der Waals surface area contributed by atoms with Crippen LogP contribution in [0.25, 0.3) is 0 Å². The maximum Gasteiger partial charge on any atom is 0.256 e. The van der Waals surface area contributed by atoms with Gasteiger partial charge in [0.1, 0.15) is 5.60 Å². The molecule has 6 nitrogen and oxygen atoms in total. The molecule has 3 aliphatic rings. The average Bonchev–Trinajstić information content (AvgIpc) is 3.34. The van der Waals surface area contributed by atoms with E-state index in [1.54, 1.807) is 4.90 Å². The number of hydrogen-bond donors (Lipinski definition) is 1. The molecule has 1 atom stereocenters. The van der Waals surface area contributed by atoms with Crippen LogP contribution in [-0.4, -0.2) is 85.4 Å². The van der Waals surface area contributed by atoms with Crippen molar-refractivity contribution in [1.29, 1.82) is 0 Å². The van der Waals surface area contributed by atoms with Crippen LogP contribution in [0.15, 0.2) is 24.3 Å². The molecular weight excluding hydrogens is 342 g/mol. The van der Waals surface area contributed by atoms with Gasteiger partial charge >= 0.3 is 0 Å². The lowest BCUT2D eigenvalue weighted by atomic mass is 10.0. The fourth-order valence-corrected chi connectivity index (χ4v) is 4.60. The van der Waals surface area contributed by atoms with E-state index >= 15 is 0 Å². The summed E-state index contributed by atoms with van der Waals surface area (Å²) in [5.41, 5.74) is 0.761. The number of aliphatic hydroxyl groups is 1. The van der Waals surface area contributed by atoms with Gasteiger partial charge in [0.05, 0.1) is 25.3 Å². The smallest absolute Gasteiger partial charge is 0.256 e. The minimum absolute atomic E-state index is 0.00264. The predicted molar refractivity (Wildman–Crippen MR) is 105 cm³/mol. The Kier molecular flexibility index (Phi) is 5.66. The van der Waals surface area contributed by atoms with Crippen LogP contribution in [0.1, 0.15) is 36.0 Å². The van der Waals surface area contributed by atoms with Crippen LogP contribution < -0.4 is 4.90 Å². The van der Waals surface area contributed by atoms with Crippen molar-refractivity contribution in [2.24, 2.45) is 0 Å². The minimum Gasteiger partial charge on any atom is -0.384 e. The van der Waals surface area contributed by atoms with Gasteiger partial charge in [-0.15, -0.1) is 0 Å². The zero-order chi connectivity index (χ0) is 18.7. The maximum atomic E-state index is 13.4. The number of carbonyl (C=O) groups is 1. The van der Waals surface area contributed by atoms with Crippen LogP contribution in [0.3, 0.4) is 0 Å². The molecule has 0 radical (unpaired) electrons. The molecule has 1 aromatic carbocycles. The normalized spacial score (nSPS) is 27.1. The van der Waals surface area contributed by atoms with Gasteiger partial charge in [0.15, 0.2) is 0 Å². The third kappa shape index (κ3) is 4.28. The minimum atomic E-state index is -1.00. The Bertz CT molecular complexity index is 656. The molecule has 1 aromatic rings. The molecule has 1 amide bonds. The highest BCUT2D eigenvalue weighted by Crippen LogP contribution is 2.27. The van der Waals surface area contributed by atoms with Gasteiger partial charge in [-0.1, -0.05) is 12.1 Å². The van der Waals surface area contributed by atoms with Gasteiger partial charge < -0.3 is 24.5 Å². The van der Waals surface area contributed by atoms with Gasteiger partial charge in [0.25, 0.3) is 5.91 Å². The maximum absolute atomic E-state index is 13.4. The molecule has 148 valence electrons. The van der Waals surface area contributed by atoms with E-state index in [1.807, 2.05) is 24.3 Å². The molecule has 27 heavy (non-hydrogen) atoms. The lowest BCUT2D eigenvalue weighted by molar-refractivity contribution is -0.0524. The first-order valence-electron chi connectivity index (χ1n) is 10.3. The molecule has 3 fully saturated rings. The van der Waals surface area contributed by atoms with Gasteiger partial charge in [-0.2, -0.15) is 0 Å². The summed E-state index contributed by atoms with van der Waals surface area (Å²) in [6, 6.07) is 7.89. The molecule has 1 N–H and O–H groups in total. The lowest BCUT2D eigenvalue weighted by Crippen LogP contribution is -2.53. The highest BCUT2D eigenvalue weighted by molar-refractivity contribution is 6.00. The van der Waals surface area contributed by atoms with Gasteiger partial charge in [0.2, 0.25) is 0 Å². The Hall–Kier alpha value is -1.63. The van der Waals surface area contributed by atoms with Crippen molar-refractivity contribution in [1.82, 2.24) is 9.80 Å². The fraction of sp³-hybridized carbons (Fsp3) is 0.667. The number of amides is 1. The van der Waals surface area contributed by atoms with Crippen LogP contribution in [0, 0.1) is 0 Å². The van der Waals surface area contributed by atoms with E-state index in [-0.39, 0.29) is 5.91 Å². The highest BCUT2D eigenvalue weighted by Gasteiger charge is 2.37. The molecule has 6 heteroatoms. The third-order valence-corrected chi connectivity index (χ3v) is 5.95. The number of ether oxygens (including phenoxy) is 1. The van der Waals surface area contributed by atoms with E-state index in [4.69, 9.17) is 4.74 Å². The van der Waals surface area contributed by atoms with Crippen LogP contribution >= 0.6 is 0 Å².